The van der Waals surface area contributed by atoms with E-state index in [0.29, 0.717) is 15.5 Å². The molecule has 5 heteroatoms. The number of thiophene rings is 1. The number of ketones is 1. The fraction of sp³-hybridized carbons (Fsp3) is 0.0833. The number of hydrogen-bond donors (Lipinski definition) is 0. The zero-order valence-electron chi connectivity index (χ0n) is 8.76. The smallest absolute Gasteiger partial charge is 0.203 e. The van der Waals surface area contributed by atoms with Crippen molar-refractivity contribution in [3.05, 3.63) is 53.6 Å². The van der Waals surface area contributed by atoms with Crippen LogP contribution in [0.4, 0.5) is 0 Å². The fourth-order valence-corrected chi connectivity index (χ4v) is 3.45. The number of benzene rings is 1. The molecule has 0 aliphatic heterocycles. The Hall–Kier alpha value is -0.160. The van der Waals surface area contributed by atoms with Gasteiger partial charge in [0.1, 0.15) is 0 Å². The molecule has 0 saturated carbocycles. The van der Waals surface area contributed by atoms with Gasteiger partial charge in [-0.15, -0.1) is 11.3 Å². The van der Waals surface area contributed by atoms with Gasteiger partial charge < -0.3 is 0 Å². The second-order valence-corrected chi connectivity index (χ2v) is 7.21. The lowest BCUT2D eigenvalue weighted by atomic mass is 10.0. The summed E-state index contributed by atoms with van der Waals surface area (Å²) < 4.78 is 1.68. The zero-order chi connectivity index (χ0) is 12.6. The molecular formula is C12H7Br2ClOS. The van der Waals surface area contributed by atoms with Gasteiger partial charge in [-0.25, -0.2) is 0 Å². The molecule has 0 unspecified atom stereocenters. The SMILES string of the molecule is Cc1ccc(Br)cc1C(=O)c1cc(Cl)c(Br)s1. The molecule has 1 heterocycles. The Kier molecular flexibility index (Phi) is 4.08. The van der Waals surface area contributed by atoms with E-state index in [4.69, 9.17) is 11.6 Å². The molecule has 2 rings (SSSR count). The third kappa shape index (κ3) is 2.81. The molecule has 88 valence electrons. The molecule has 0 amide bonds. The van der Waals surface area contributed by atoms with Crippen molar-refractivity contribution in [2.45, 2.75) is 6.92 Å². The summed E-state index contributed by atoms with van der Waals surface area (Å²) in [7, 11) is 0. The minimum atomic E-state index is 0.00130. The van der Waals surface area contributed by atoms with Crippen LogP contribution in [0.15, 0.2) is 32.5 Å². The van der Waals surface area contributed by atoms with Gasteiger partial charge in [0.2, 0.25) is 5.78 Å². The molecule has 0 radical (unpaired) electrons. The van der Waals surface area contributed by atoms with Crippen LogP contribution in [0.3, 0.4) is 0 Å². The van der Waals surface area contributed by atoms with E-state index in [1.165, 1.54) is 11.3 Å². The molecule has 0 aliphatic carbocycles. The van der Waals surface area contributed by atoms with Crippen LogP contribution in [-0.2, 0) is 0 Å². The molecule has 0 atom stereocenters. The summed E-state index contributed by atoms with van der Waals surface area (Å²) in [6.07, 6.45) is 0. The van der Waals surface area contributed by atoms with Crippen LogP contribution in [-0.4, -0.2) is 5.78 Å². The van der Waals surface area contributed by atoms with Gasteiger partial charge in [-0.05, 0) is 46.6 Å². The predicted octanol–water partition coefficient (Wildman–Crippen LogP) is 5.47. The molecule has 0 spiro atoms. The normalized spacial score (nSPS) is 10.6. The molecule has 1 aromatic heterocycles. The average Bonchev–Trinajstić information content (AvgIpc) is 2.62. The van der Waals surface area contributed by atoms with E-state index in [9.17, 15) is 4.79 Å². The van der Waals surface area contributed by atoms with Crippen molar-refractivity contribution in [3.8, 4) is 0 Å². The summed E-state index contributed by atoms with van der Waals surface area (Å²) >= 11 is 14.0. The Labute approximate surface area is 125 Å². The molecule has 1 nitrogen and oxygen atoms in total. The van der Waals surface area contributed by atoms with E-state index < -0.39 is 0 Å². The van der Waals surface area contributed by atoms with E-state index in [1.54, 1.807) is 6.07 Å². The Balaban J connectivity index is 2.47. The van der Waals surface area contributed by atoms with Gasteiger partial charge in [0, 0.05) is 10.0 Å². The summed E-state index contributed by atoms with van der Waals surface area (Å²) in [5, 5.41) is 0.575. The Bertz CT molecular complexity index is 573. The average molecular weight is 395 g/mol. The summed E-state index contributed by atoms with van der Waals surface area (Å²) in [4.78, 5) is 12.9. The van der Waals surface area contributed by atoms with Crippen LogP contribution in [0.1, 0.15) is 20.8 Å². The number of hydrogen-bond acceptors (Lipinski definition) is 2. The van der Waals surface area contributed by atoms with Crippen molar-refractivity contribution in [2.24, 2.45) is 0 Å². The number of halogens is 3. The van der Waals surface area contributed by atoms with E-state index in [-0.39, 0.29) is 5.78 Å². The second kappa shape index (κ2) is 5.22. The van der Waals surface area contributed by atoms with Gasteiger partial charge in [-0.3, -0.25) is 4.79 Å². The van der Waals surface area contributed by atoms with Crippen LogP contribution < -0.4 is 0 Å². The third-order valence-corrected chi connectivity index (χ3v) is 5.28. The van der Waals surface area contributed by atoms with Crippen molar-refractivity contribution in [1.82, 2.24) is 0 Å². The lowest BCUT2D eigenvalue weighted by Gasteiger charge is -2.03. The second-order valence-electron chi connectivity index (χ2n) is 3.52. The maximum absolute atomic E-state index is 12.3. The molecule has 0 saturated heterocycles. The van der Waals surface area contributed by atoms with Crippen molar-refractivity contribution in [3.63, 3.8) is 0 Å². The highest BCUT2D eigenvalue weighted by atomic mass is 79.9. The van der Waals surface area contributed by atoms with Crippen LogP contribution in [0, 0.1) is 6.92 Å². The standard InChI is InChI=1S/C12H7Br2ClOS/c1-6-2-3-7(13)4-8(6)11(16)10-5-9(15)12(14)17-10/h2-5H,1H3. The van der Waals surface area contributed by atoms with E-state index in [2.05, 4.69) is 31.9 Å². The van der Waals surface area contributed by atoms with Crippen molar-refractivity contribution in [2.75, 3.05) is 0 Å². The zero-order valence-corrected chi connectivity index (χ0v) is 13.5. The molecule has 0 aliphatic rings. The number of carbonyl (C=O) groups is 1. The monoisotopic (exact) mass is 392 g/mol. The first-order chi connectivity index (χ1) is 7.99. The summed E-state index contributed by atoms with van der Waals surface area (Å²) in [5.41, 5.74) is 1.66. The fourth-order valence-electron chi connectivity index (χ4n) is 1.43. The van der Waals surface area contributed by atoms with Gasteiger partial charge in [0.05, 0.1) is 13.7 Å². The van der Waals surface area contributed by atoms with Crippen molar-refractivity contribution in [1.29, 1.82) is 0 Å². The summed E-state index contributed by atoms with van der Waals surface area (Å²) in [5.74, 6) is 0.00130. The van der Waals surface area contributed by atoms with Gasteiger partial charge >= 0.3 is 0 Å². The first kappa shape index (κ1) is 13.3. The van der Waals surface area contributed by atoms with Gasteiger partial charge in [-0.1, -0.05) is 33.6 Å². The van der Waals surface area contributed by atoms with Gasteiger partial charge in [0.15, 0.2) is 0 Å². The summed E-state index contributed by atoms with van der Waals surface area (Å²) in [6, 6.07) is 7.36. The maximum atomic E-state index is 12.3. The minimum Gasteiger partial charge on any atom is -0.288 e. The molecule has 2 aromatic rings. The Morgan fingerprint density at radius 3 is 2.59 bits per heavy atom. The molecule has 17 heavy (non-hydrogen) atoms. The van der Waals surface area contributed by atoms with Gasteiger partial charge in [-0.2, -0.15) is 0 Å². The molecule has 0 fully saturated rings. The quantitative estimate of drug-likeness (QED) is 0.618. The highest BCUT2D eigenvalue weighted by Crippen LogP contribution is 2.33. The van der Waals surface area contributed by atoms with Crippen molar-refractivity contribution >= 4 is 60.6 Å². The number of rotatable bonds is 2. The van der Waals surface area contributed by atoms with Crippen LogP contribution >= 0.6 is 54.8 Å². The van der Waals surface area contributed by atoms with Crippen molar-refractivity contribution < 1.29 is 4.79 Å². The Morgan fingerprint density at radius 2 is 2.00 bits per heavy atom. The van der Waals surface area contributed by atoms with E-state index in [1.807, 2.05) is 25.1 Å². The molecule has 1 aromatic carbocycles. The van der Waals surface area contributed by atoms with Crippen LogP contribution in [0.5, 0.6) is 0 Å². The molecule has 0 bridgehead atoms. The van der Waals surface area contributed by atoms with E-state index >= 15 is 0 Å². The lowest BCUT2D eigenvalue weighted by molar-refractivity contribution is 0.104. The van der Waals surface area contributed by atoms with Crippen LogP contribution in [0.2, 0.25) is 5.02 Å². The van der Waals surface area contributed by atoms with E-state index in [0.717, 1.165) is 13.8 Å². The molecule has 0 N–H and O–H groups in total. The summed E-state index contributed by atoms with van der Waals surface area (Å²) in [6.45, 7) is 1.92. The number of aryl methyl sites for hydroxylation is 1. The van der Waals surface area contributed by atoms with Crippen LogP contribution in [0.25, 0.3) is 0 Å². The maximum Gasteiger partial charge on any atom is 0.203 e. The Morgan fingerprint density at radius 1 is 1.29 bits per heavy atom. The third-order valence-electron chi connectivity index (χ3n) is 2.31. The molecular weight excluding hydrogens is 387 g/mol. The highest BCUT2D eigenvalue weighted by Gasteiger charge is 2.16. The largest absolute Gasteiger partial charge is 0.288 e. The first-order valence-electron chi connectivity index (χ1n) is 4.74. The lowest BCUT2D eigenvalue weighted by Crippen LogP contribution is -2.01. The predicted molar refractivity (Wildman–Crippen MR) is 79.3 cm³/mol. The topological polar surface area (TPSA) is 17.1 Å². The minimum absolute atomic E-state index is 0.00130. The highest BCUT2D eigenvalue weighted by molar-refractivity contribution is 9.11. The van der Waals surface area contributed by atoms with Gasteiger partial charge in [0.25, 0.3) is 0 Å². The number of carbonyl (C=O) groups excluding carboxylic acids is 1. The first-order valence-corrected chi connectivity index (χ1v) is 7.53.